The van der Waals surface area contributed by atoms with Crippen molar-refractivity contribution in [2.24, 2.45) is 0 Å². The van der Waals surface area contributed by atoms with Crippen molar-refractivity contribution in [2.45, 2.75) is 91.7 Å². The van der Waals surface area contributed by atoms with E-state index in [4.69, 9.17) is 4.74 Å². The van der Waals surface area contributed by atoms with E-state index in [1.807, 2.05) is 68.4 Å². The van der Waals surface area contributed by atoms with E-state index in [9.17, 15) is 19.5 Å². The molecule has 3 aliphatic heterocycles. The summed E-state index contributed by atoms with van der Waals surface area (Å²) >= 11 is 0. The molecule has 4 atom stereocenters. The highest BCUT2D eigenvalue weighted by Gasteiger charge is 2.25. The average molecular weight is 1200 g/mol. The molecule has 9 aromatic rings. The minimum Gasteiger partial charge on any atom is -0.393 e. The maximum absolute atomic E-state index is 12.7. The molecule has 0 aliphatic carbocycles. The molecule has 3 aliphatic rings. The molecule has 0 saturated carbocycles. The number of piperazine rings is 1. The van der Waals surface area contributed by atoms with Crippen molar-refractivity contribution >= 4 is 53.0 Å². The third-order valence-corrected chi connectivity index (χ3v) is 14.0. The lowest BCUT2D eigenvalue weighted by atomic mass is 10.1. The van der Waals surface area contributed by atoms with Crippen molar-refractivity contribution in [3.8, 4) is 34.6 Å². The quantitative estimate of drug-likeness (QED) is 0.0879. The van der Waals surface area contributed by atoms with Crippen LogP contribution in [0.25, 0.3) is 34.6 Å². The number of pyridine rings is 6. The molecule has 27 heteroatoms. The van der Waals surface area contributed by atoms with Gasteiger partial charge in [-0.1, -0.05) is 18.2 Å². The smallest absolute Gasteiger partial charge is 0.259 e. The van der Waals surface area contributed by atoms with Crippen LogP contribution in [0.2, 0.25) is 0 Å². The normalized spacial score (nSPS) is 17.5. The molecule has 12 rings (SSSR count). The van der Waals surface area contributed by atoms with Crippen LogP contribution in [0.1, 0.15) is 89.1 Å². The minimum absolute atomic E-state index is 0.138. The largest absolute Gasteiger partial charge is 0.393 e. The van der Waals surface area contributed by atoms with Gasteiger partial charge in [-0.2, -0.15) is 29.9 Å². The van der Waals surface area contributed by atoms with Gasteiger partial charge >= 0.3 is 0 Å². The van der Waals surface area contributed by atoms with Gasteiger partial charge < -0.3 is 29.9 Å². The third kappa shape index (κ3) is 17.0. The Hall–Kier alpha value is -10.4. The molecule has 89 heavy (non-hydrogen) atoms. The summed E-state index contributed by atoms with van der Waals surface area (Å²) in [5.74, 6) is 4.67. The number of nitrogens with one attached hydrogen (secondary N) is 4. The van der Waals surface area contributed by atoms with Crippen molar-refractivity contribution in [3.63, 3.8) is 0 Å². The van der Waals surface area contributed by atoms with E-state index in [0.717, 1.165) is 69.6 Å². The van der Waals surface area contributed by atoms with Gasteiger partial charge in [0.25, 0.3) is 17.7 Å². The van der Waals surface area contributed by atoms with Crippen molar-refractivity contribution in [2.75, 3.05) is 69.9 Å². The van der Waals surface area contributed by atoms with Crippen molar-refractivity contribution < 1.29 is 24.2 Å². The topological polar surface area (TPSA) is 332 Å². The van der Waals surface area contributed by atoms with Gasteiger partial charge in [-0.25, -0.2) is 29.9 Å². The van der Waals surface area contributed by atoms with Crippen LogP contribution in [0.3, 0.4) is 0 Å². The zero-order valence-corrected chi connectivity index (χ0v) is 50.3. The van der Waals surface area contributed by atoms with Gasteiger partial charge in [-0.05, 0) is 134 Å². The van der Waals surface area contributed by atoms with Crippen LogP contribution in [0.15, 0.2) is 128 Å². The number of nitrogens with zero attached hydrogens (tertiary/aromatic N) is 18. The van der Waals surface area contributed by atoms with Gasteiger partial charge in [0.15, 0.2) is 17.5 Å². The molecule has 3 amide bonds. The van der Waals surface area contributed by atoms with E-state index in [-0.39, 0.29) is 53.9 Å². The first-order valence-corrected chi connectivity index (χ1v) is 29.1. The SMILES string of the molecule is Cc1nc(NC(=O)c2ccc(N3CC(C)OC(C)C3)nc2)nc(-c2ccccn2)n1.Cc1nc(NC(=O)c2ccc(N3CCC(O)CC3)nc2)nc(-c2ccccn2)n1.Cc1nc(NC(=O)c2ccc(N3C[C@@H](C)N[C@@H](C)C3)nc2)nc(-c2ccccn2)n1. The number of carbonyl (C=O) groups excluding carboxylic acids is 3. The van der Waals surface area contributed by atoms with Crippen molar-refractivity contribution in [1.29, 1.82) is 0 Å². The number of amides is 3. The zero-order chi connectivity index (χ0) is 62.4. The maximum atomic E-state index is 12.7. The molecule has 0 radical (unpaired) electrons. The Kier molecular flexibility index (Phi) is 20.0. The summed E-state index contributed by atoms with van der Waals surface area (Å²) in [4.78, 5) is 109. The number of aromatic nitrogens is 15. The van der Waals surface area contributed by atoms with Crippen molar-refractivity contribution in [1.82, 2.24) is 80.1 Å². The van der Waals surface area contributed by atoms with E-state index in [1.165, 1.54) is 6.20 Å². The average Bonchev–Trinajstić information content (AvgIpc) is 3.50. The first kappa shape index (κ1) is 61.7. The van der Waals surface area contributed by atoms with Gasteiger partial charge in [-0.3, -0.25) is 45.3 Å². The summed E-state index contributed by atoms with van der Waals surface area (Å²) in [6.07, 6.45) is 11.1. The number of carbonyl (C=O) groups is 3. The number of piperidine rings is 1. The Labute approximate surface area is 513 Å². The molecule has 12 heterocycles. The first-order valence-electron chi connectivity index (χ1n) is 29.1. The summed E-state index contributed by atoms with van der Waals surface area (Å²) < 4.78 is 5.76. The lowest BCUT2D eigenvalue weighted by Gasteiger charge is -2.36. The van der Waals surface area contributed by atoms with Crippen LogP contribution in [0.5, 0.6) is 0 Å². The van der Waals surface area contributed by atoms with Crippen LogP contribution in [-0.2, 0) is 4.74 Å². The predicted molar refractivity (Wildman–Crippen MR) is 334 cm³/mol. The number of hydrogen-bond acceptors (Lipinski definition) is 24. The van der Waals surface area contributed by atoms with Crippen molar-refractivity contribution in [3.05, 3.63) is 162 Å². The first-order chi connectivity index (χ1) is 43.0. The fraction of sp³-hybridized carbons (Fsp3) is 0.323. The molecule has 3 fully saturated rings. The standard InChI is InChI=1S/C21H24N8O.C21H23N7O2.C20H21N7O2/c1-13-11-29(12-14(2)24-13)18-8-7-16(10-23-18)20(30)28-21-26-15(3)25-19(27-21)17-6-4-5-9-22-17;1-13-11-28(12-14(2)30-13)18-8-7-16(10-23-18)20(29)27-21-25-15(3)24-19(26-21)17-6-4-5-9-22-17;1-13-23-18(16-4-2-3-9-21-16)25-20(24-13)26-19(29)14-5-6-17(22-12-14)27-10-7-15(28)8-11-27/h4-10,13-14,24H,11-12H2,1-3H3,(H,25,26,27,28,30);4-10,13-14H,11-12H2,1-3H3,(H,24,25,26,27,29);2-6,9,12,15,28H,7-8,10-11H2,1H3,(H,23,24,25,26,29)/t13-,14+;;. The number of hydrogen-bond donors (Lipinski definition) is 5. The number of aliphatic hydroxyl groups excluding tert-OH is 1. The van der Waals surface area contributed by atoms with Crippen LogP contribution in [-0.4, -0.2) is 167 Å². The molecule has 456 valence electrons. The second-order valence-corrected chi connectivity index (χ2v) is 21.6. The Bertz CT molecular complexity index is 3650. The Balaban J connectivity index is 0.000000147. The fourth-order valence-corrected chi connectivity index (χ4v) is 10.1. The summed E-state index contributed by atoms with van der Waals surface area (Å²) in [7, 11) is 0. The lowest BCUT2D eigenvalue weighted by Crippen LogP contribution is -2.54. The monoisotopic (exact) mass is 1200 g/mol. The second kappa shape index (κ2) is 28.9. The van der Waals surface area contributed by atoms with Gasteiger partial charge in [0.05, 0.1) is 35.0 Å². The summed E-state index contributed by atoms with van der Waals surface area (Å²) in [6.45, 7) is 18.4. The maximum Gasteiger partial charge on any atom is 0.259 e. The Morgan fingerprint density at radius 2 is 0.798 bits per heavy atom. The summed E-state index contributed by atoms with van der Waals surface area (Å²) in [6, 6.07) is 27.9. The number of ether oxygens (including phenoxy) is 1. The number of anilines is 6. The highest BCUT2D eigenvalue weighted by molar-refractivity contribution is 6.04. The number of aliphatic hydroxyl groups is 1. The summed E-state index contributed by atoms with van der Waals surface area (Å²) in [5.41, 5.74) is 3.09. The molecule has 27 nitrogen and oxygen atoms in total. The molecular formula is C62H68N22O5. The minimum atomic E-state index is -0.351. The van der Waals surface area contributed by atoms with E-state index >= 15 is 0 Å². The number of rotatable bonds is 12. The van der Waals surface area contributed by atoms with Crippen LogP contribution < -0.4 is 36.0 Å². The number of morpholine rings is 1. The predicted octanol–water partition coefficient (Wildman–Crippen LogP) is 6.43. The Morgan fingerprint density at radius 3 is 1.12 bits per heavy atom. The van der Waals surface area contributed by atoms with E-state index in [1.54, 1.807) is 88.2 Å². The van der Waals surface area contributed by atoms with Crippen LogP contribution in [0.4, 0.5) is 35.3 Å². The van der Waals surface area contributed by atoms with Gasteiger partial charge in [0.1, 0.15) is 52.0 Å². The molecule has 5 N–H and O–H groups in total. The second-order valence-electron chi connectivity index (χ2n) is 21.6. The highest BCUT2D eigenvalue weighted by Crippen LogP contribution is 2.23. The zero-order valence-electron chi connectivity index (χ0n) is 50.3. The molecule has 3 saturated heterocycles. The number of aryl methyl sites for hydroxylation is 3. The van der Waals surface area contributed by atoms with Crippen LogP contribution in [0, 0.1) is 20.8 Å². The molecular weight excluding hydrogens is 1130 g/mol. The van der Waals surface area contributed by atoms with E-state index in [2.05, 4.69) is 125 Å². The molecule has 0 bridgehead atoms. The summed E-state index contributed by atoms with van der Waals surface area (Å²) in [5, 5.41) is 21.3. The van der Waals surface area contributed by atoms with Gasteiger partial charge in [0, 0.05) is 88.5 Å². The fourth-order valence-electron chi connectivity index (χ4n) is 10.1. The van der Waals surface area contributed by atoms with Crippen LogP contribution >= 0.6 is 0 Å². The van der Waals surface area contributed by atoms with E-state index < -0.39 is 0 Å². The van der Waals surface area contributed by atoms with E-state index in [0.29, 0.717) is 80.8 Å². The third-order valence-electron chi connectivity index (χ3n) is 14.0. The molecule has 2 unspecified atom stereocenters. The van der Waals surface area contributed by atoms with Gasteiger partial charge in [-0.15, -0.1) is 0 Å². The molecule has 9 aromatic heterocycles. The van der Waals surface area contributed by atoms with Gasteiger partial charge in [0.2, 0.25) is 17.8 Å². The lowest BCUT2D eigenvalue weighted by molar-refractivity contribution is -0.00547. The Morgan fingerprint density at radius 1 is 0.449 bits per heavy atom. The highest BCUT2D eigenvalue weighted by atomic mass is 16.5. The molecule has 0 spiro atoms. The molecule has 0 aromatic carbocycles.